The summed E-state index contributed by atoms with van der Waals surface area (Å²) in [7, 11) is 0. The van der Waals surface area contributed by atoms with E-state index in [1.807, 2.05) is 36.1 Å². The maximum Gasteiger partial charge on any atom is 0.263 e. The molecular formula is C18H25BrN2O2. The van der Waals surface area contributed by atoms with Crippen LogP contribution in [0.4, 0.5) is 0 Å². The average Bonchev–Trinajstić information content (AvgIpc) is 3.39. The molecule has 5 heteroatoms. The molecule has 1 N–H and O–H groups in total. The van der Waals surface area contributed by atoms with Crippen LogP contribution in [0.3, 0.4) is 0 Å². The van der Waals surface area contributed by atoms with Gasteiger partial charge in [-0.15, -0.1) is 0 Å². The third kappa shape index (κ3) is 4.95. The minimum absolute atomic E-state index is 0.0913. The Labute approximate surface area is 146 Å². The Kier molecular flexibility index (Phi) is 5.59. The van der Waals surface area contributed by atoms with E-state index in [0.29, 0.717) is 6.04 Å². The molecule has 1 aliphatic heterocycles. The molecule has 2 aliphatic rings. The molecule has 126 valence electrons. The van der Waals surface area contributed by atoms with Crippen LogP contribution in [0.25, 0.3) is 0 Å². The third-order valence-electron chi connectivity index (χ3n) is 4.67. The van der Waals surface area contributed by atoms with Gasteiger partial charge in [-0.2, -0.15) is 0 Å². The van der Waals surface area contributed by atoms with Crippen LogP contribution in [0.2, 0.25) is 0 Å². The van der Waals surface area contributed by atoms with Crippen molar-refractivity contribution >= 4 is 21.8 Å². The number of nitrogens with zero attached hydrogens (tertiary/aromatic N) is 1. The lowest BCUT2D eigenvalue weighted by Gasteiger charge is -2.34. The second kappa shape index (κ2) is 7.67. The summed E-state index contributed by atoms with van der Waals surface area (Å²) < 4.78 is 6.77. The van der Waals surface area contributed by atoms with Gasteiger partial charge in [0.1, 0.15) is 5.75 Å². The zero-order valence-electron chi connectivity index (χ0n) is 13.6. The fraction of sp³-hybridized carbons (Fsp3) is 0.611. The molecule has 1 unspecified atom stereocenters. The van der Waals surface area contributed by atoms with Crippen LogP contribution < -0.4 is 10.1 Å². The van der Waals surface area contributed by atoms with Crippen LogP contribution in [-0.2, 0) is 4.79 Å². The minimum Gasteiger partial charge on any atom is -0.481 e. The Morgan fingerprint density at radius 1 is 1.26 bits per heavy atom. The fourth-order valence-corrected chi connectivity index (χ4v) is 3.25. The third-order valence-corrected chi connectivity index (χ3v) is 5.20. The number of halogens is 1. The number of hydrogen-bond donors (Lipinski definition) is 1. The van der Waals surface area contributed by atoms with Gasteiger partial charge < -0.3 is 15.0 Å². The number of likely N-dealkylation sites (tertiary alicyclic amines) is 1. The van der Waals surface area contributed by atoms with Crippen molar-refractivity contribution in [2.75, 3.05) is 19.6 Å². The van der Waals surface area contributed by atoms with Crippen molar-refractivity contribution in [3.05, 3.63) is 28.7 Å². The number of amides is 1. The van der Waals surface area contributed by atoms with Gasteiger partial charge >= 0.3 is 0 Å². The van der Waals surface area contributed by atoms with E-state index in [1.165, 1.54) is 12.8 Å². The predicted molar refractivity (Wildman–Crippen MR) is 94.6 cm³/mol. The number of hydrogen-bond acceptors (Lipinski definition) is 3. The van der Waals surface area contributed by atoms with E-state index < -0.39 is 6.10 Å². The summed E-state index contributed by atoms with van der Waals surface area (Å²) in [5.74, 6) is 1.73. The van der Waals surface area contributed by atoms with Gasteiger partial charge in [0.2, 0.25) is 0 Å². The molecule has 1 saturated carbocycles. The maximum absolute atomic E-state index is 12.5. The first kappa shape index (κ1) is 16.8. The average molecular weight is 381 g/mol. The minimum atomic E-state index is -0.438. The molecule has 3 rings (SSSR count). The Morgan fingerprint density at radius 2 is 1.91 bits per heavy atom. The van der Waals surface area contributed by atoms with Crippen molar-refractivity contribution in [2.45, 2.75) is 44.8 Å². The molecule has 23 heavy (non-hydrogen) atoms. The molecule has 1 heterocycles. The number of nitrogens with one attached hydrogen (secondary N) is 1. The lowest BCUT2D eigenvalue weighted by Crippen LogP contribution is -2.48. The molecule has 0 spiro atoms. The monoisotopic (exact) mass is 380 g/mol. The number of ether oxygens (including phenoxy) is 1. The van der Waals surface area contributed by atoms with Gasteiger partial charge in [-0.3, -0.25) is 4.79 Å². The van der Waals surface area contributed by atoms with Crippen molar-refractivity contribution in [3.63, 3.8) is 0 Å². The Morgan fingerprint density at radius 3 is 2.52 bits per heavy atom. The van der Waals surface area contributed by atoms with Crippen molar-refractivity contribution in [3.8, 4) is 5.75 Å². The van der Waals surface area contributed by atoms with Gasteiger partial charge in [-0.25, -0.2) is 0 Å². The van der Waals surface area contributed by atoms with Gasteiger partial charge in [0, 0.05) is 23.6 Å². The van der Waals surface area contributed by atoms with E-state index in [4.69, 9.17) is 4.74 Å². The molecule has 1 aliphatic carbocycles. The van der Waals surface area contributed by atoms with Gasteiger partial charge in [0.15, 0.2) is 6.10 Å². The standard InChI is InChI=1S/C18H25BrN2O2/c1-13(23-17-6-4-15(19)5-7-17)18(22)21-10-8-16(9-11-21)20-12-14-2-3-14/h4-7,13-14,16,20H,2-3,8-12H2,1H3. The summed E-state index contributed by atoms with van der Waals surface area (Å²) in [4.78, 5) is 14.5. The van der Waals surface area contributed by atoms with Gasteiger partial charge in [-0.05, 0) is 69.3 Å². The zero-order valence-corrected chi connectivity index (χ0v) is 15.2. The van der Waals surface area contributed by atoms with E-state index in [-0.39, 0.29) is 5.91 Å². The summed E-state index contributed by atoms with van der Waals surface area (Å²) in [6, 6.07) is 8.17. The second-order valence-electron chi connectivity index (χ2n) is 6.67. The highest BCUT2D eigenvalue weighted by atomic mass is 79.9. The molecule has 1 aromatic rings. The Balaban J connectivity index is 1.43. The smallest absolute Gasteiger partial charge is 0.263 e. The van der Waals surface area contributed by atoms with E-state index in [0.717, 1.165) is 48.6 Å². The van der Waals surface area contributed by atoms with Crippen LogP contribution in [0.15, 0.2) is 28.7 Å². The van der Waals surface area contributed by atoms with Crippen molar-refractivity contribution in [2.24, 2.45) is 5.92 Å². The first-order valence-corrected chi connectivity index (χ1v) is 9.35. The van der Waals surface area contributed by atoms with E-state index in [1.54, 1.807) is 0 Å². The first-order chi connectivity index (χ1) is 11.1. The topological polar surface area (TPSA) is 41.6 Å². The lowest BCUT2D eigenvalue weighted by molar-refractivity contribution is -0.139. The molecular weight excluding hydrogens is 356 g/mol. The molecule has 1 atom stereocenters. The van der Waals surface area contributed by atoms with Gasteiger partial charge in [-0.1, -0.05) is 15.9 Å². The van der Waals surface area contributed by atoms with E-state index in [2.05, 4.69) is 21.2 Å². The molecule has 0 aromatic heterocycles. The number of carbonyl (C=O) groups is 1. The number of piperidine rings is 1. The SMILES string of the molecule is CC(Oc1ccc(Br)cc1)C(=O)N1CCC(NCC2CC2)CC1. The van der Waals surface area contributed by atoms with Crippen molar-refractivity contribution in [1.82, 2.24) is 10.2 Å². The molecule has 1 saturated heterocycles. The normalized spacial score (nSPS) is 20.3. The Bertz CT molecular complexity index is 522. The largest absolute Gasteiger partial charge is 0.481 e. The van der Waals surface area contributed by atoms with Crippen LogP contribution in [0.5, 0.6) is 5.75 Å². The fourth-order valence-electron chi connectivity index (χ4n) is 2.98. The summed E-state index contributed by atoms with van der Waals surface area (Å²) in [5.41, 5.74) is 0. The maximum atomic E-state index is 12.5. The number of carbonyl (C=O) groups excluding carboxylic acids is 1. The molecule has 0 bridgehead atoms. The lowest BCUT2D eigenvalue weighted by atomic mass is 10.0. The highest BCUT2D eigenvalue weighted by Crippen LogP contribution is 2.28. The van der Waals surface area contributed by atoms with Crippen LogP contribution in [0.1, 0.15) is 32.6 Å². The van der Waals surface area contributed by atoms with Gasteiger partial charge in [0.05, 0.1) is 0 Å². The molecule has 0 radical (unpaired) electrons. The molecule has 2 fully saturated rings. The van der Waals surface area contributed by atoms with Crippen molar-refractivity contribution in [1.29, 1.82) is 0 Å². The molecule has 4 nitrogen and oxygen atoms in total. The van der Waals surface area contributed by atoms with Crippen LogP contribution >= 0.6 is 15.9 Å². The quantitative estimate of drug-likeness (QED) is 0.823. The second-order valence-corrected chi connectivity index (χ2v) is 7.58. The van der Waals surface area contributed by atoms with Crippen LogP contribution in [-0.4, -0.2) is 42.6 Å². The van der Waals surface area contributed by atoms with E-state index in [9.17, 15) is 4.79 Å². The number of benzene rings is 1. The molecule has 1 aromatic carbocycles. The summed E-state index contributed by atoms with van der Waals surface area (Å²) in [5, 5.41) is 3.64. The van der Waals surface area contributed by atoms with Crippen molar-refractivity contribution < 1.29 is 9.53 Å². The summed E-state index contributed by atoms with van der Waals surface area (Å²) in [6.07, 6.45) is 4.42. The Hall–Kier alpha value is -1.07. The summed E-state index contributed by atoms with van der Waals surface area (Å²) >= 11 is 3.40. The highest BCUT2D eigenvalue weighted by molar-refractivity contribution is 9.10. The zero-order chi connectivity index (χ0) is 16.2. The number of rotatable bonds is 6. The van der Waals surface area contributed by atoms with Crippen LogP contribution in [0, 0.1) is 5.92 Å². The first-order valence-electron chi connectivity index (χ1n) is 8.56. The van der Waals surface area contributed by atoms with Gasteiger partial charge in [0.25, 0.3) is 5.91 Å². The summed E-state index contributed by atoms with van der Waals surface area (Å²) in [6.45, 7) is 4.65. The highest BCUT2D eigenvalue weighted by Gasteiger charge is 2.28. The molecule has 1 amide bonds. The van der Waals surface area contributed by atoms with E-state index >= 15 is 0 Å². The predicted octanol–water partition coefficient (Wildman–Crippen LogP) is 3.21.